The number of carbonyl (C=O) groups excluding carboxylic acids is 2. The van der Waals surface area contributed by atoms with Crippen LogP contribution in [0.4, 0.5) is 0 Å². The van der Waals surface area contributed by atoms with Crippen LogP contribution in [-0.4, -0.2) is 28.8 Å². The van der Waals surface area contributed by atoms with E-state index in [-0.39, 0.29) is 36.7 Å². The van der Waals surface area contributed by atoms with Gasteiger partial charge in [0.05, 0.1) is 10.0 Å². The lowest BCUT2D eigenvalue weighted by Crippen LogP contribution is -2.51. The van der Waals surface area contributed by atoms with Gasteiger partial charge in [0.25, 0.3) is 0 Å². The highest BCUT2D eigenvalue weighted by atomic mass is 35.5. The molecule has 3 rings (SSSR count). The Bertz CT molecular complexity index is 1100. The maximum atomic E-state index is 14.0. The number of benzene rings is 3. The van der Waals surface area contributed by atoms with Crippen molar-refractivity contribution in [1.29, 1.82) is 0 Å². The van der Waals surface area contributed by atoms with Crippen LogP contribution in [0.3, 0.4) is 0 Å². The molecule has 0 aliphatic carbocycles. The van der Waals surface area contributed by atoms with E-state index >= 15 is 0 Å². The zero-order chi connectivity index (χ0) is 26.1. The van der Waals surface area contributed by atoms with Crippen molar-refractivity contribution in [3.8, 4) is 0 Å². The normalized spacial score (nSPS) is 12.7. The van der Waals surface area contributed by atoms with Gasteiger partial charge in [0, 0.05) is 24.9 Å². The largest absolute Gasteiger partial charge is 0.352 e. The molecule has 2 atom stereocenters. The van der Waals surface area contributed by atoms with E-state index in [1.54, 1.807) is 17.0 Å². The first-order chi connectivity index (χ1) is 17.3. The molecule has 0 saturated carbocycles. The van der Waals surface area contributed by atoms with Gasteiger partial charge >= 0.3 is 0 Å². The summed E-state index contributed by atoms with van der Waals surface area (Å²) in [6, 6.07) is 24.8. The van der Waals surface area contributed by atoms with Gasteiger partial charge in [-0.15, -0.1) is 0 Å². The third-order valence-electron chi connectivity index (χ3n) is 6.51. The smallest absolute Gasteiger partial charge is 0.243 e. The van der Waals surface area contributed by atoms with Gasteiger partial charge in [-0.3, -0.25) is 9.59 Å². The minimum Gasteiger partial charge on any atom is -0.352 e. The van der Waals surface area contributed by atoms with Crippen molar-refractivity contribution in [1.82, 2.24) is 10.2 Å². The summed E-state index contributed by atoms with van der Waals surface area (Å²) in [7, 11) is 0. The number of nitrogens with one attached hydrogen (secondary N) is 1. The number of amides is 2. The van der Waals surface area contributed by atoms with Crippen LogP contribution < -0.4 is 5.32 Å². The molecule has 3 aromatic rings. The second-order valence-corrected chi connectivity index (χ2v) is 9.90. The van der Waals surface area contributed by atoms with Crippen molar-refractivity contribution in [3.05, 3.63) is 106 Å². The second-order valence-electron chi connectivity index (χ2n) is 9.09. The highest BCUT2D eigenvalue weighted by molar-refractivity contribution is 6.42. The van der Waals surface area contributed by atoms with Crippen LogP contribution in [0.5, 0.6) is 0 Å². The molecular weight excluding hydrogens is 491 g/mol. The molecule has 2 amide bonds. The topological polar surface area (TPSA) is 49.4 Å². The van der Waals surface area contributed by atoms with Crippen LogP contribution in [0.25, 0.3) is 0 Å². The molecule has 36 heavy (non-hydrogen) atoms. The maximum absolute atomic E-state index is 14.0. The molecule has 190 valence electrons. The van der Waals surface area contributed by atoms with E-state index in [2.05, 4.69) is 5.32 Å². The summed E-state index contributed by atoms with van der Waals surface area (Å²) in [4.78, 5) is 29.0. The molecule has 0 saturated heterocycles. The van der Waals surface area contributed by atoms with E-state index in [1.807, 2.05) is 87.5 Å². The average Bonchev–Trinajstić information content (AvgIpc) is 2.90. The van der Waals surface area contributed by atoms with Gasteiger partial charge in [0.15, 0.2) is 0 Å². The van der Waals surface area contributed by atoms with E-state index < -0.39 is 6.04 Å². The standard InChI is InChI=1S/C30H34Cl2N2O2/c1-4-21(3)33-30(36)28(5-2)34(20-22-16-17-26(31)27(32)18-22)29(35)19-25(23-12-8-6-9-13-23)24-14-10-7-11-15-24/h6-18,21,25,28H,4-5,19-20H2,1-3H3,(H,33,36)/t21-,28-/m1/s1. The minimum atomic E-state index is -0.604. The number of carbonyl (C=O) groups is 2. The molecule has 0 aromatic heterocycles. The monoisotopic (exact) mass is 524 g/mol. The third kappa shape index (κ3) is 7.35. The Labute approximate surface area is 224 Å². The molecule has 0 aliphatic rings. The molecule has 0 aliphatic heterocycles. The fourth-order valence-corrected chi connectivity index (χ4v) is 4.61. The van der Waals surface area contributed by atoms with Crippen molar-refractivity contribution in [2.75, 3.05) is 0 Å². The molecule has 0 unspecified atom stereocenters. The van der Waals surface area contributed by atoms with Gasteiger partial charge in [-0.25, -0.2) is 0 Å². The first kappa shape index (κ1) is 27.8. The molecule has 0 heterocycles. The average molecular weight is 526 g/mol. The fraction of sp³-hybridized carbons (Fsp3) is 0.333. The molecular formula is C30H34Cl2N2O2. The van der Waals surface area contributed by atoms with Gasteiger partial charge in [-0.2, -0.15) is 0 Å². The minimum absolute atomic E-state index is 0.0230. The van der Waals surface area contributed by atoms with Crippen LogP contribution in [0, 0.1) is 0 Å². The Hall–Kier alpha value is -2.82. The molecule has 0 spiro atoms. The van der Waals surface area contributed by atoms with Crippen LogP contribution in [0.1, 0.15) is 62.6 Å². The molecule has 0 bridgehead atoms. The quantitative estimate of drug-likeness (QED) is 0.287. The van der Waals surface area contributed by atoms with Gasteiger partial charge in [-0.1, -0.05) is 104 Å². The van der Waals surface area contributed by atoms with Crippen molar-refractivity contribution in [3.63, 3.8) is 0 Å². The van der Waals surface area contributed by atoms with E-state index in [1.165, 1.54) is 0 Å². The van der Waals surface area contributed by atoms with Gasteiger partial charge in [0.1, 0.15) is 6.04 Å². The van der Waals surface area contributed by atoms with Crippen molar-refractivity contribution in [2.24, 2.45) is 0 Å². The van der Waals surface area contributed by atoms with Crippen molar-refractivity contribution >= 4 is 35.0 Å². The molecule has 1 N–H and O–H groups in total. The van der Waals surface area contributed by atoms with E-state index in [0.29, 0.717) is 16.5 Å². The summed E-state index contributed by atoms with van der Waals surface area (Å²) in [5.41, 5.74) is 2.94. The van der Waals surface area contributed by atoms with E-state index in [0.717, 1.165) is 23.1 Å². The summed E-state index contributed by atoms with van der Waals surface area (Å²) in [6.45, 7) is 6.19. The Kier molecular flexibility index (Phi) is 10.4. The van der Waals surface area contributed by atoms with Crippen LogP contribution in [0.2, 0.25) is 10.0 Å². The molecule has 6 heteroatoms. The number of hydrogen-bond acceptors (Lipinski definition) is 2. The van der Waals surface area contributed by atoms with E-state index in [9.17, 15) is 9.59 Å². The predicted molar refractivity (Wildman–Crippen MR) is 148 cm³/mol. The summed E-state index contributed by atoms with van der Waals surface area (Å²) < 4.78 is 0. The lowest BCUT2D eigenvalue weighted by Gasteiger charge is -2.33. The van der Waals surface area contributed by atoms with Crippen LogP contribution in [-0.2, 0) is 16.1 Å². The highest BCUT2D eigenvalue weighted by Crippen LogP contribution is 2.30. The third-order valence-corrected chi connectivity index (χ3v) is 7.25. The number of rotatable bonds is 11. The van der Waals surface area contributed by atoms with E-state index in [4.69, 9.17) is 23.2 Å². The van der Waals surface area contributed by atoms with Gasteiger partial charge < -0.3 is 10.2 Å². The van der Waals surface area contributed by atoms with Crippen LogP contribution >= 0.6 is 23.2 Å². The highest BCUT2D eigenvalue weighted by Gasteiger charge is 2.31. The number of hydrogen-bond donors (Lipinski definition) is 1. The summed E-state index contributed by atoms with van der Waals surface area (Å²) in [6.07, 6.45) is 1.55. The number of nitrogens with zero attached hydrogens (tertiary/aromatic N) is 1. The molecule has 0 fully saturated rings. The molecule has 4 nitrogen and oxygen atoms in total. The number of halogens is 2. The Balaban J connectivity index is 1.96. The lowest BCUT2D eigenvalue weighted by molar-refractivity contribution is -0.141. The molecule has 0 radical (unpaired) electrons. The first-order valence-electron chi connectivity index (χ1n) is 12.5. The van der Waals surface area contributed by atoms with Crippen LogP contribution in [0.15, 0.2) is 78.9 Å². The summed E-state index contributed by atoms with van der Waals surface area (Å²) >= 11 is 12.4. The fourth-order valence-electron chi connectivity index (χ4n) is 4.29. The van der Waals surface area contributed by atoms with Crippen molar-refractivity contribution < 1.29 is 9.59 Å². The summed E-state index contributed by atoms with van der Waals surface area (Å²) in [5.74, 6) is -0.368. The Morgan fingerprint density at radius 1 is 0.833 bits per heavy atom. The first-order valence-corrected chi connectivity index (χ1v) is 13.2. The zero-order valence-electron chi connectivity index (χ0n) is 21.1. The zero-order valence-corrected chi connectivity index (χ0v) is 22.6. The lowest BCUT2D eigenvalue weighted by atomic mass is 9.88. The Morgan fingerprint density at radius 2 is 1.42 bits per heavy atom. The second kappa shape index (κ2) is 13.5. The Morgan fingerprint density at radius 3 is 1.92 bits per heavy atom. The summed E-state index contributed by atoms with van der Waals surface area (Å²) in [5, 5.41) is 3.93. The van der Waals surface area contributed by atoms with Gasteiger partial charge in [-0.05, 0) is 48.6 Å². The maximum Gasteiger partial charge on any atom is 0.243 e. The predicted octanol–water partition coefficient (Wildman–Crippen LogP) is 7.24. The molecule has 3 aromatic carbocycles. The van der Waals surface area contributed by atoms with Gasteiger partial charge in [0.2, 0.25) is 11.8 Å². The van der Waals surface area contributed by atoms with Crippen molar-refractivity contribution in [2.45, 2.75) is 64.6 Å². The SMILES string of the molecule is CC[C@@H](C)NC(=O)[C@@H](CC)N(Cc1ccc(Cl)c(Cl)c1)C(=O)CC(c1ccccc1)c1ccccc1.